The minimum absolute atomic E-state index is 0. The van der Waals surface area contributed by atoms with Gasteiger partial charge in [-0.05, 0) is 37.0 Å². The maximum Gasteiger partial charge on any atom is 0.225 e. The summed E-state index contributed by atoms with van der Waals surface area (Å²) >= 11 is 0. The average Bonchev–Trinajstić information content (AvgIpc) is 2.71. The summed E-state index contributed by atoms with van der Waals surface area (Å²) in [6.45, 7) is 4.37. The molecular weight excluding hydrogens is 487 g/mol. The maximum atomic E-state index is 12.1. The van der Waals surface area contributed by atoms with E-state index >= 15 is 0 Å². The molecule has 2 aliphatic rings. The van der Waals surface area contributed by atoms with Crippen LogP contribution in [0.2, 0.25) is 0 Å². The molecule has 0 radical (unpaired) electrons. The number of hydrogen-bond donors (Lipinski definition) is 3. The number of anilines is 1. The summed E-state index contributed by atoms with van der Waals surface area (Å²) in [4.78, 5) is 17.0. The summed E-state index contributed by atoms with van der Waals surface area (Å²) < 4.78 is 0. The van der Waals surface area contributed by atoms with Crippen LogP contribution in [0.1, 0.15) is 49.7 Å². The molecule has 0 saturated heterocycles. The van der Waals surface area contributed by atoms with Gasteiger partial charge in [0.25, 0.3) is 0 Å². The molecule has 0 bridgehead atoms. The summed E-state index contributed by atoms with van der Waals surface area (Å²) in [7, 11) is 0. The van der Waals surface area contributed by atoms with Gasteiger partial charge in [-0.15, -0.1) is 24.0 Å². The second-order valence-electron chi connectivity index (χ2n) is 8.11. The van der Waals surface area contributed by atoms with E-state index in [1.54, 1.807) is 0 Å². The fourth-order valence-electron chi connectivity index (χ4n) is 4.41. The average molecular weight is 518 g/mol. The van der Waals surface area contributed by atoms with E-state index in [2.05, 4.69) is 59.3 Å². The molecule has 1 atom stereocenters. The van der Waals surface area contributed by atoms with E-state index < -0.39 is 0 Å². The number of carbonyl (C=O) groups excluding carboxylic acids is 1. The molecule has 4 rings (SSSR count). The number of rotatable bonds is 6. The molecular formula is C24H31IN4O. The van der Waals surface area contributed by atoms with Crippen molar-refractivity contribution < 1.29 is 4.79 Å². The van der Waals surface area contributed by atoms with E-state index in [1.165, 1.54) is 30.4 Å². The van der Waals surface area contributed by atoms with Gasteiger partial charge in [0.2, 0.25) is 5.91 Å². The van der Waals surface area contributed by atoms with Gasteiger partial charge in [0.05, 0.1) is 6.54 Å². The Morgan fingerprint density at radius 1 is 1.10 bits per heavy atom. The van der Waals surface area contributed by atoms with Crippen molar-refractivity contribution in [2.24, 2.45) is 4.99 Å². The van der Waals surface area contributed by atoms with Crippen molar-refractivity contribution in [2.75, 3.05) is 25.0 Å². The Hall–Kier alpha value is -2.09. The first kappa shape index (κ1) is 22.6. The third-order valence-electron chi connectivity index (χ3n) is 6.20. The van der Waals surface area contributed by atoms with E-state index in [-0.39, 0.29) is 41.2 Å². The van der Waals surface area contributed by atoms with Crippen LogP contribution in [0.4, 0.5) is 5.69 Å². The molecule has 5 nitrogen and oxygen atoms in total. The Morgan fingerprint density at radius 2 is 1.83 bits per heavy atom. The first-order valence-electron chi connectivity index (χ1n) is 10.7. The summed E-state index contributed by atoms with van der Waals surface area (Å²) in [5.74, 6) is 1.06. The van der Waals surface area contributed by atoms with Gasteiger partial charge in [0.1, 0.15) is 0 Å². The van der Waals surface area contributed by atoms with Crippen LogP contribution in [0.5, 0.6) is 0 Å². The predicted molar refractivity (Wildman–Crippen MR) is 134 cm³/mol. The zero-order chi connectivity index (χ0) is 20.1. The summed E-state index contributed by atoms with van der Waals surface area (Å²) in [6, 6.07) is 18.8. The smallest absolute Gasteiger partial charge is 0.225 e. The normalized spacial score (nSPS) is 19.6. The number of benzene rings is 2. The van der Waals surface area contributed by atoms with Gasteiger partial charge in [-0.25, -0.2) is 0 Å². The van der Waals surface area contributed by atoms with E-state index in [9.17, 15) is 4.79 Å². The zero-order valence-electron chi connectivity index (χ0n) is 17.5. The second kappa shape index (κ2) is 10.3. The molecule has 1 amide bonds. The second-order valence-corrected chi connectivity index (χ2v) is 8.11. The number of halogens is 1. The Kier molecular flexibility index (Phi) is 7.75. The number of guanidine groups is 1. The predicted octanol–water partition coefficient (Wildman–Crippen LogP) is 4.41. The monoisotopic (exact) mass is 518 g/mol. The highest BCUT2D eigenvalue weighted by Gasteiger charge is 2.38. The van der Waals surface area contributed by atoms with Crippen molar-refractivity contribution in [1.82, 2.24) is 10.6 Å². The quantitative estimate of drug-likeness (QED) is 0.302. The molecule has 2 aromatic carbocycles. The number of amides is 1. The van der Waals surface area contributed by atoms with Crippen molar-refractivity contribution in [3.63, 3.8) is 0 Å². The van der Waals surface area contributed by atoms with Crippen LogP contribution in [-0.4, -0.2) is 31.5 Å². The minimum atomic E-state index is 0. The van der Waals surface area contributed by atoms with Crippen molar-refractivity contribution in [2.45, 2.75) is 43.9 Å². The fourth-order valence-corrected chi connectivity index (χ4v) is 4.41. The molecule has 1 unspecified atom stereocenters. The van der Waals surface area contributed by atoms with Gasteiger partial charge in [-0.3, -0.25) is 9.79 Å². The number of aliphatic imine (C=N–C) groups is 1. The molecule has 160 valence electrons. The lowest BCUT2D eigenvalue weighted by Gasteiger charge is -2.41. The van der Waals surface area contributed by atoms with Crippen LogP contribution in [-0.2, 0) is 10.2 Å². The number of fused-ring (bicyclic) bond motifs is 1. The van der Waals surface area contributed by atoms with Crippen LogP contribution in [0.25, 0.3) is 0 Å². The van der Waals surface area contributed by atoms with E-state index in [1.807, 2.05) is 18.2 Å². The largest absolute Gasteiger partial charge is 0.357 e. The van der Waals surface area contributed by atoms with Crippen LogP contribution in [0.3, 0.4) is 0 Å². The number of carbonyl (C=O) groups is 1. The Morgan fingerprint density at radius 3 is 2.53 bits per heavy atom. The van der Waals surface area contributed by atoms with Crippen molar-refractivity contribution in [3.8, 4) is 0 Å². The highest BCUT2D eigenvalue weighted by Crippen LogP contribution is 2.43. The van der Waals surface area contributed by atoms with Gasteiger partial charge in [-0.1, -0.05) is 55.0 Å². The van der Waals surface area contributed by atoms with Gasteiger partial charge in [0.15, 0.2) is 5.96 Å². The minimum Gasteiger partial charge on any atom is -0.357 e. The number of hydrogen-bond acceptors (Lipinski definition) is 2. The number of nitrogens with zero attached hydrogens (tertiary/aromatic N) is 1. The van der Waals surface area contributed by atoms with Crippen molar-refractivity contribution in [1.29, 1.82) is 0 Å². The molecule has 1 aliphatic carbocycles. The number of para-hydroxylation sites is 1. The molecule has 6 heteroatoms. The van der Waals surface area contributed by atoms with E-state index in [0.29, 0.717) is 13.0 Å². The van der Waals surface area contributed by atoms with Gasteiger partial charge in [0, 0.05) is 36.5 Å². The Bertz CT molecular complexity index is 880. The van der Waals surface area contributed by atoms with Crippen LogP contribution < -0.4 is 16.0 Å². The SMILES string of the molecule is CCNC(=NCC1(c2ccccc2)CCC1)NCC1CC(=O)Nc2ccccc21.I. The maximum absolute atomic E-state index is 12.1. The lowest BCUT2D eigenvalue weighted by Crippen LogP contribution is -2.43. The lowest BCUT2D eigenvalue weighted by molar-refractivity contribution is -0.116. The van der Waals surface area contributed by atoms with E-state index in [4.69, 9.17) is 4.99 Å². The zero-order valence-corrected chi connectivity index (χ0v) is 19.8. The fraction of sp³-hybridized carbons (Fsp3) is 0.417. The highest BCUT2D eigenvalue weighted by atomic mass is 127. The third-order valence-corrected chi connectivity index (χ3v) is 6.20. The van der Waals surface area contributed by atoms with Crippen molar-refractivity contribution >= 4 is 41.5 Å². The van der Waals surface area contributed by atoms with Crippen LogP contribution >= 0.6 is 24.0 Å². The van der Waals surface area contributed by atoms with Crippen LogP contribution in [0, 0.1) is 0 Å². The third kappa shape index (κ3) is 4.96. The molecule has 2 aromatic rings. The molecule has 0 spiro atoms. The molecule has 1 fully saturated rings. The lowest BCUT2D eigenvalue weighted by atomic mass is 9.64. The molecule has 1 aliphatic heterocycles. The summed E-state index contributed by atoms with van der Waals surface area (Å²) in [6.07, 6.45) is 4.14. The standard InChI is InChI=1S/C24H30N4O.HI/c1-2-25-23(27-17-24(13-8-14-24)19-9-4-3-5-10-19)26-16-18-15-22(29)28-21-12-7-6-11-20(18)21;/h3-7,9-12,18H,2,8,13-17H2,1H3,(H,28,29)(H2,25,26,27);1H. The van der Waals surface area contributed by atoms with Gasteiger partial charge in [-0.2, -0.15) is 0 Å². The van der Waals surface area contributed by atoms with Crippen LogP contribution in [0.15, 0.2) is 59.6 Å². The summed E-state index contributed by atoms with van der Waals surface area (Å²) in [5, 5.41) is 9.82. The first-order chi connectivity index (χ1) is 14.2. The van der Waals surface area contributed by atoms with Crippen molar-refractivity contribution in [3.05, 3.63) is 65.7 Å². The summed E-state index contributed by atoms with van der Waals surface area (Å²) in [5.41, 5.74) is 3.68. The highest BCUT2D eigenvalue weighted by molar-refractivity contribution is 14.0. The van der Waals surface area contributed by atoms with Gasteiger partial charge < -0.3 is 16.0 Å². The topological polar surface area (TPSA) is 65.5 Å². The Labute approximate surface area is 196 Å². The molecule has 1 saturated carbocycles. The molecule has 1 heterocycles. The van der Waals surface area contributed by atoms with E-state index in [0.717, 1.165) is 24.7 Å². The first-order valence-corrected chi connectivity index (χ1v) is 10.7. The molecule has 3 N–H and O–H groups in total. The Balaban J connectivity index is 0.00000256. The molecule has 30 heavy (non-hydrogen) atoms. The van der Waals surface area contributed by atoms with Gasteiger partial charge >= 0.3 is 0 Å². The number of nitrogens with one attached hydrogen (secondary N) is 3. The molecule has 0 aromatic heterocycles.